The second-order valence-corrected chi connectivity index (χ2v) is 7.22. The lowest BCUT2D eigenvalue weighted by molar-refractivity contribution is -0.122. The van der Waals surface area contributed by atoms with Crippen LogP contribution in [0.15, 0.2) is 54.9 Å². The Balaban J connectivity index is 1.59. The van der Waals surface area contributed by atoms with Crippen LogP contribution in [-0.4, -0.2) is 34.3 Å². The van der Waals surface area contributed by atoms with Gasteiger partial charge in [-0.15, -0.1) is 0 Å². The topological polar surface area (TPSA) is 69.0 Å². The maximum absolute atomic E-state index is 12.1. The minimum atomic E-state index is 0.148. The highest BCUT2D eigenvalue weighted by molar-refractivity contribution is 5.81. The number of methoxy groups -OCH3 is 1. The van der Waals surface area contributed by atoms with Crippen molar-refractivity contribution in [3.8, 4) is 28.3 Å². The van der Waals surface area contributed by atoms with Gasteiger partial charge >= 0.3 is 0 Å². The van der Waals surface area contributed by atoms with E-state index in [9.17, 15) is 4.79 Å². The summed E-state index contributed by atoms with van der Waals surface area (Å²) in [7, 11) is 1.66. The van der Waals surface area contributed by atoms with Gasteiger partial charge in [0.25, 0.3) is 0 Å². The zero-order valence-corrected chi connectivity index (χ0v) is 16.1. The van der Waals surface area contributed by atoms with Gasteiger partial charge in [-0.05, 0) is 42.7 Å². The van der Waals surface area contributed by atoms with Crippen molar-refractivity contribution in [2.75, 3.05) is 13.7 Å². The lowest BCUT2D eigenvalue weighted by atomic mass is 10.1. The highest BCUT2D eigenvalue weighted by Crippen LogP contribution is 2.37. The van der Waals surface area contributed by atoms with Crippen LogP contribution < -0.4 is 10.1 Å². The Bertz CT molecular complexity index is 968. The van der Waals surface area contributed by atoms with Gasteiger partial charge in [0.2, 0.25) is 5.91 Å². The van der Waals surface area contributed by atoms with Crippen LogP contribution in [-0.2, 0) is 11.3 Å². The first-order chi connectivity index (χ1) is 13.7. The Kier molecular flexibility index (Phi) is 5.10. The fraction of sp³-hybridized carbons (Fsp3) is 0.318. The number of carbonyl (C=O) groups excluding carboxylic acids is 1. The van der Waals surface area contributed by atoms with Gasteiger partial charge in [0, 0.05) is 36.0 Å². The SMILES string of the molecule is COc1cccc(-c2cc(-c3cccnc3)nn2CCNC(=O)[C@@H]2C[C@H]2C)c1. The fourth-order valence-electron chi connectivity index (χ4n) is 3.36. The van der Waals surface area contributed by atoms with Crippen LogP contribution in [0.1, 0.15) is 13.3 Å². The molecule has 4 rings (SSSR count). The Morgan fingerprint density at radius 1 is 1.25 bits per heavy atom. The number of hydrogen-bond acceptors (Lipinski definition) is 4. The molecule has 2 heterocycles. The van der Waals surface area contributed by atoms with Crippen molar-refractivity contribution in [1.29, 1.82) is 0 Å². The monoisotopic (exact) mass is 376 g/mol. The van der Waals surface area contributed by atoms with Crippen molar-refractivity contribution in [3.05, 3.63) is 54.9 Å². The van der Waals surface area contributed by atoms with E-state index in [1.54, 1.807) is 19.5 Å². The van der Waals surface area contributed by atoms with Gasteiger partial charge in [-0.2, -0.15) is 5.10 Å². The van der Waals surface area contributed by atoms with E-state index >= 15 is 0 Å². The quantitative estimate of drug-likeness (QED) is 0.686. The zero-order chi connectivity index (χ0) is 19.5. The molecule has 2 aromatic heterocycles. The Hall–Kier alpha value is -3.15. The van der Waals surface area contributed by atoms with E-state index in [1.165, 1.54) is 0 Å². The van der Waals surface area contributed by atoms with Gasteiger partial charge in [0.1, 0.15) is 5.75 Å². The first-order valence-corrected chi connectivity index (χ1v) is 9.56. The van der Waals surface area contributed by atoms with E-state index in [1.807, 2.05) is 41.1 Å². The normalized spacial score (nSPS) is 17.9. The van der Waals surface area contributed by atoms with E-state index in [2.05, 4.69) is 23.3 Å². The highest BCUT2D eigenvalue weighted by atomic mass is 16.5. The third-order valence-corrected chi connectivity index (χ3v) is 5.17. The molecule has 1 N–H and O–H groups in total. The number of pyridine rings is 1. The van der Waals surface area contributed by atoms with Crippen molar-refractivity contribution >= 4 is 5.91 Å². The number of ether oxygens (including phenoxy) is 1. The molecule has 1 aliphatic carbocycles. The minimum Gasteiger partial charge on any atom is -0.497 e. The van der Waals surface area contributed by atoms with Gasteiger partial charge in [0.15, 0.2) is 0 Å². The number of nitrogens with zero attached hydrogens (tertiary/aromatic N) is 3. The first kappa shape index (κ1) is 18.2. The van der Waals surface area contributed by atoms with E-state index in [-0.39, 0.29) is 11.8 Å². The summed E-state index contributed by atoms with van der Waals surface area (Å²) in [5.41, 5.74) is 3.81. The summed E-state index contributed by atoms with van der Waals surface area (Å²) in [5.74, 6) is 1.63. The molecule has 28 heavy (non-hydrogen) atoms. The average Bonchev–Trinajstić information content (AvgIpc) is 3.32. The lowest BCUT2D eigenvalue weighted by Gasteiger charge is -2.10. The van der Waals surface area contributed by atoms with Crippen LogP contribution in [0.4, 0.5) is 0 Å². The standard InChI is InChI=1S/C22H24N4O2/c1-15-11-19(15)22(27)24-9-10-26-21(16-5-3-7-18(12-16)28-2)13-20(25-26)17-6-4-8-23-14-17/h3-8,12-15,19H,9-11H2,1-2H3,(H,24,27)/t15-,19-/m1/s1. The van der Waals surface area contributed by atoms with Gasteiger partial charge in [-0.25, -0.2) is 0 Å². The molecule has 0 saturated heterocycles. The Morgan fingerprint density at radius 3 is 2.79 bits per heavy atom. The summed E-state index contributed by atoms with van der Waals surface area (Å²) in [4.78, 5) is 16.3. The molecule has 2 atom stereocenters. The molecule has 6 heteroatoms. The second kappa shape index (κ2) is 7.84. The molecule has 1 amide bonds. The molecule has 1 fully saturated rings. The van der Waals surface area contributed by atoms with Crippen LogP contribution in [0.25, 0.3) is 22.5 Å². The van der Waals surface area contributed by atoms with Gasteiger partial charge in [0.05, 0.1) is 25.0 Å². The number of aromatic nitrogens is 3. The molecule has 1 aliphatic rings. The van der Waals surface area contributed by atoms with Gasteiger partial charge in [-0.1, -0.05) is 19.1 Å². The zero-order valence-electron chi connectivity index (χ0n) is 16.1. The summed E-state index contributed by atoms with van der Waals surface area (Å²) in [6.45, 7) is 3.26. The smallest absolute Gasteiger partial charge is 0.223 e. The molecule has 3 aromatic rings. The van der Waals surface area contributed by atoms with Crippen LogP contribution in [0.5, 0.6) is 5.75 Å². The highest BCUT2D eigenvalue weighted by Gasteiger charge is 2.38. The number of nitrogens with one attached hydrogen (secondary N) is 1. The van der Waals surface area contributed by atoms with E-state index < -0.39 is 0 Å². The first-order valence-electron chi connectivity index (χ1n) is 9.56. The summed E-state index contributed by atoms with van der Waals surface area (Å²) >= 11 is 0. The Labute approximate surface area is 164 Å². The predicted octanol–water partition coefficient (Wildman–Crippen LogP) is 3.39. The number of amides is 1. The fourth-order valence-corrected chi connectivity index (χ4v) is 3.36. The lowest BCUT2D eigenvalue weighted by Crippen LogP contribution is -2.29. The maximum atomic E-state index is 12.1. The van der Waals surface area contributed by atoms with E-state index in [0.29, 0.717) is 19.0 Å². The summed E-state index contributed by atoms with van der Waals surface area (Å²) in [5, 5.41) is 7.81. The second-order valence-electron chi connectivity index (χ2n) is 7.22. The molecule has 0 unspecified atom stereocenters. The minimum absolute atomic E-state index is 0.148. The van der Waals surface area contributed by atoms with Crippen LogP contribution in [0.2, 0.25) is 0 Å². The predicted molar refractivity (Wildman–Crippen MR) is 108 cm³/mol. The van der Waals surface area contributed by atoms with E-state index in [4.69, 9.17) is 9.84 Å². The Morgan fingerprint density at radius 2 is 2.07 bits per heavy atom. The van der Waals surface area contributed by atoms with Crippen LogP contribution in [0, 0.1) is 11.8 Å². The van der Waals surface area contributed by atoms with Crippen LogP contribution >= 0.6 is 0 Å². The van der Waals surface area contributed by atoms with Crippen molar-refractivity contribution in [1.82, 2.24) is 20.1 Å². The molecule has 1 saturated carbocycles. The van der Waals surface area contributed by atoms with Gasteiger partial charge in [-0.3, -0.25) is 14.5 Å². The number of carbonyl (C=O) groups is 1. The van der Waals surface area contributed by atoms with Crippen molar-refractivity contribution in [2.24, 2.45) is 11.8 Å². The largest absolute Gasteiger partial charge is 0.497 e. The summed E-state index contributed by atoms with van der Waals surface area (Å²) in [6, 6.07) is 13.9. The number of rotatable bonds is 7. The number of hydrogen-bond donors (Lipinski definition) is 1. The third-order valence-electron chi connectivity index (χ3n) is 5.17. The van der Waals surface area contributed by atoms with Crippen molar-refractivity contribution in [2.45, 2.75) is 19.9 Å². The van der Waals surface area contributed by atoms with Crippen molar-refractivity contribution < 1.29 is 9.53 Å². The molecular formula is C22H24N4O2. The molecule has 144 valence electrons. The van der Waals surface area contributed by atoms with Crippen molar-refractivity contribution in [3.63, 3.8) is 0 Å². The molecule has 0 spiro atoms. The van der Waals surface area contributed by atoms with Crippen LogP contribution in [0.3, 0.4) is 0 Å². The van der Waals surface area contributed by atoms with E-state index in [0.717, 1.165) is 34.7 Å². The maximum Gasteiger partial charge on any atom is 0.223 e. The number of benzene rings is 1. The molecular weight excluding hydrogens is 352 g/mol. The molecule has 0 aliphatic heterocycles. The summed E-state index contributed by atoms with van der Waals surface area (Å²) in [6.07, 6.45) is 4.55. The third kappa shape index (κ3) is 3.91. The molecule has 6 nitrogen and oxygen atoms in total. The average molecular weight is 376 g/mol. The molecule has 0 radical (unpaired) electrons. The summed E-state index contributed by atoms with van der Waals surface area (Å²) < 4.78 is 7.31. The van der Waals surface area contributed by atoms with Gasteiger partial charge < -0.3 is 10.1 Å². The molecule has 1 aromatic carbocycles. The molecule has 0 bridgehead atoms.